The zero-order valence-corrected chi connectivity index (χ0v) is 12.2. The fourth-order valence-electron chi connectivity index (χ4n) is 2.53. The molecule has 0 saturated heterocycles. The zero-order chi connectivity index (χ0) is 16.6. The molecule has 0 aliphatic carbocycles. The van der Waals surface area contributed by atoms with Crippen LogP contribution in [0.25, 0.3) is 0 Å². The quantitative estimate of drug-likeness (QED) is 0.911. The molecule has 1 aromatic carbocycles. The summed E-state index contributed by atoms with van der Waals surface area (Å²) in [6.45, 7) is 1.57. The molecule has 2 aliphatic rings. The predicted octanol–water partition coefficient (Wildman–Crippen LogP) is 2.38. The summed E-state index contributed by atoms with van der Waals surface area (Å²) < 4.78 is 26.7. The number of nitrogens with zero attached hydrogens (tertiary/aromatic N) is 2. The fraction of sp³-hybridized carbons (Fsp3) is 0.188. The molecular weight excluding hydrogens is 304 g/mol. The standard InChI is InChI=1S/C16H13F2N3O2/c1-16(9-14(22)20-13-4-2-3-7-21(13)16)15(23)19-12-6-5-10(17)8-11(12)18/h2-8H,9H2,1H3,(H,19,23). The minimum Gasteiger partial charge on any atom is -0.322 e. The highest BCUT2D eigenvalue weighted by Gasteiger charge is 2.45. The van der Waals surface area contributed by atoms with Crippen molar-refractivity contribution < 1.29 is 18.4 Å². The van der Waals surface area contributed by atoms with Crippen LogP contribution in [0.4, 0.5) is 14.5 Å². The fourth-order valence-corrected chi connectivity index (χ4v) is 2.53. The Hall–Kier alpha value is -2.83. The number of benzene rings is 1. The van der Waals surface area contributed by atoms with Gasteiger partial charge in [0.05, 0.1) is 12.1 Å². The number of allylic oxidation sites excluding steroid dienone is 2. The van der Waals surface area contributed by atoms with Crippen LogP contribution in [0.3, 0.4) is 0 Å². The first-order chi connectivity index (χ1) is 10.9. The van der Waals surface area contributed by atoms with Crippen molar-refractivity contribution in [1.29, 1.82) is 0 Å². The summed E-state index contributed by atoms with van der Waals surface area (Å²) in [7, 11) is 0. The van der Waals surface area contributed by atoms with Crippen LogP contribution < -0.4 is 5.32 Å². The minimum atomic E-state index is -1.25. The Morgan fingerprint density at radius 2 is 2.13 bits per heavy atom. The SMILES string of the molecule is CC1(C(=O)Nc2ccc(F)cc2F)CC(=O)N=C2C=CC=CN21. The Morgan fingerprint density at radius 3 is 2.87 bits per heavy atom. The summed E-state index contributed by atoms with van der Waals surface area (Å²) in [5.41, 5.74) is -1.40. The van der Waals surface area contributed by atoms with Crippen LogP contribution in [0.1, 0.15) is 13.3 Å². The average molecular weight is 317 g/mol. The van der Waals surface area contributed by atoms with Crippen molar-refractivity contribution in [2.45, 2.75) is 18.9 Å². The number of fused-ring (bicyclic) bond motifs is 1. The predicted molar refractivity (Wildman–Crippen MR) is 80.6 cm³/mol. The first kappa shape index (κ1) is 15.1. The van der Waals surface area contributed by atoms with Crippen molar-refractivity contribution >= 4 is 23.3 Å². The van der Waals surface area contributed by atoms with E-state index < -0.39 is 29.0 Å². The molecule has 1 atom stereocenters. The minimum absolute atomic E-state index is 0.148. The van der Waals surface area contributed by atoms with Gasteiger partial charge in [-0.1, -0.05) is 6.08 Å². The molecule has 5 nitrogen and oxygen atoms in total. The van der Waals surface area contributed by atoms with E-state index in [-0.39, 0.29) is 12.1 Å². The Balaban J connectivity index is 1.91. The second kappa shape index (κ2) is 5.42. The van der Waals surface area contributed by atoms with Gasteiger partial charge in [0.2, 0.25) is 0 Å². The van der Waals surface area contributed by atoms with Crippen molar-refractivity contribution in [2.75, 3.05) is 5.32 Å². The highest BCUT2D eigenvalue weighted by atomic mass is 19.1. The van der Waals surface area contributed by atoms with Crippen LogP contribution in [0.15, 0.2) is 47.6 Å². The zero-order valence-electron chi connectivity index (χ0n) is 12.2. The lowest BCUT2D eigenvalue weighted by Gasteiger charge is -2.41. The monoisotopic (exact) mass is 317 g/mol. The summed E-state index contributed by atoms with van der Waals surface area (Å²) in [5, 5.41) is 2.41. The van der Waals surface area contributed by atoms with Gasteiger partial charge in [-0.25, -0.2) is 8.78 Å². The topological polar surface area (TPSA) is 61.8 Å². The second-order valence-electron chi connectivity index (χ2n) is 5.46. The number of carbonyl (C=O) groups excluding carboxylic acids is 2. The molecule has 1 aromatic rings. The highest BCUT2D eigenvalue weighted by Crippen LogP contribution is 2.29. The van der Waals surface area contributed by atoms with Gasteiger partial charge in [0.1, 0.15) is 23.0 Å². The van der Waals surface area contributed by atoms with Crippen LogP contribution in [0.2, 0.25) is 0 Å². The number of rotatable bonds is 2. The van der Waals surface area contributed by atoms with E-state index in [9.17, 15) is 18.4 Å². The number of carbonyl (C=O) groups is 2. The molecule has 2 aliphatic heterocycles. The maximum Gasteiger partial charge on any atom is 0.250 e. The number of hydrogen-bond acceptors (Lipinski definition) is 3. The molecule has 23 heavy (non-hydrogen) atoms. The first-order valence-electron chi connectivity index (χ1n) is 6.92. The van der Waals surface area contributed by atoms with Crippen LogP contribution in [0.5, 0.6) is 0 Å². The van der Waals surface area contributed by atoms with E-state index in [1.165, 1.54) is 0 Å². The lowest BCUT2D eigenvalue weighted by atomic mass is 9.91. The molecular formula is C16H13F2N3O2. The molecule has 1 N–H and O–H groups in total. The maximum atomic E-state index is 13.7. The third-order valence-electron chi connectivity index (χ3n) is 3.77. The highest BCUT2D eigenvalue weighted by molar-refractivity contribution is 6.11. The van der Waals surface area contributed by atoms with Crippen molar-refractivity contribution in [2.24, 2.45) is 4.99 Å². The summed E-state index contributed by atoms with van der Waals surface area (Å²) in [4.78, 5) is 29.9. The van der Waals surface area contributed by atoms with Gasteiger partial charge in [-0.15, -0.1) is 0 Å². The Kier molecular flexibility index (Phi) is 3.55. The van der Waals surface area contributed by atoms with Gasteiger partial charge in [-0.3, -0.25) is 9.59 Å². The molecule has 0 spiro atoms. The molecule has 0 fully saturated rings. The van der Waals surface area contributed by atoms with Gasteiger partial charge in [0.25, 0.3) is 11.8 Å². The van der Waals surface area contributed by atoms with Crippen molar-refractivity contribution in [3.63, 3.8) is 0 Å². The van der Waals surface area contributed by atoms with E-state index in [1.54, 1.807) is 36.3 Å². The van der Waals surface area contributed by atoms with Gasteiger partial charge < -0.3 is 10.2 Å². The molecule has 2 amide bonds. The third-order valence-corrected chi connectivity index (χ3v) is 3.77. The van der Waals surface area contributed by atoms with Crippen molar-refractivity contribution in [1.82, 2.24) is 4.90 Å². The summed E-state index contributed by atoms with van der Waals surface area (Å²) in [5.74, 6) is -2.29. The Morgan fingerprint density at radius 1 is 1.35 bits per heavy atom. The Labute approximate surface area is 131 Å². The number of hydrogen-bond donors (Lipinski definition) is 1. The molecule has 3 rings (SSSR count). The number of anilines is 1. The smallest absolute Gasteiger partial charge is 0.250 e. The molecule has 0 bridgehead atoms. The number of amidine groups is 1. The number of aliphatic imine (C=N–C) groups is 1. The van der Waals surface area contributed by atoms with Crippen LogP contribution in [0, 0.1) is 11.6 Å². The lowest BCUT2D eigenvalue weighted by molar-refractivity contribution is -0.130. The molecule has 118 valence electrons. The van der Waals surface area contributed by atoms with E-state index in [0.717, 1.165) is 12.1 Å². The summed E-state index contributed by atoms with van der Waals surface area (Å²) in [6.07, 6.45) is 6.50. The van der Waals surface area contributed by atoms with E-state index in [4.69, 9.17) is 0 Å². The van der Waals surface area contributed by atoms with E-state index >= 15 is 0 Å². The first-order valence-corrected chi connectivity index (χ1v) is 6.92. The number of amides is 2. The van der Waals surface area contributed by atoms with Gasteiger partial charge >= 0.3 is 0 Å². The van der Waals surface area contributed by atoms with E-state index in [1.807, 2.05) is 0 Å². The van der Waals surface area contributed by atoms with Crippen LogP contribution in [-0.4, -0.2) is 28.1 Å². The molecule has 0 saturated carbocycles. The molecule has 1 unspecified atom stereocenters. The largest absolute Gasteiger partial charge is 0.322 e. The molecule has 7 heteroatoms. The summed E-state index contributed by atoms with van der Waals surface area (Å²) in [6, 6.07) is 2.86. The normalized spacial score (nSPS) is 22.7. The van der Waals surface area contributed by atoms with Gasteiger partial charge in [-0.2, -0.15) is 4.99 Å². The second-order valence-corrected chi connectivity index (χ2v) is 5.46. The van der Waals surface area contributed by atoms with Crippen LogP contribution >= 0.6 is 0 Å². The third kappa shape index (κ3) is 2.65. The van der Waals surface area contributed by atoms with E-state index in [0.29, 0.717) is 11.9 Å². The van der Waals surface area contributed by atoms with Crippen LogP contribution in [-0.2, 0) is 9.59 Å². The van der Waals surface area contributed by atoms with Gasteiger partial charge in [-0.05, 0) is 31.2 Å². The average Bonchev–Trinajstić information content (AvgIpc) is 2.49. The maximum absolute atomic E-state index is 13.7. The molecule has 0 radical (unpaired) electrons. The Bertz CT molecular complexity index is 786. The van der Waals surface area contributed by atoms with Crippen molar-refractivity contribution in [3.05, 3.63) is 54.3 Å². The number of nitrogens with one attached hydrogen (secondary N) is 1. The number of halogens is 2. The lowest BCUT2D eigenvalue weighted by Crippen LogP contribution is -2.58. The summed E-state index contributed by atoms with van der Waals surface area (Å²) >= 11 is 0. The molecule has 2 heterocycles. The molecule has 0 aromatic heterocycles. The van der Waals surface area contributed by atoms with Gasteiger partial charge in [0, 0.05) is 12.3 Å². The van der Waals surface area contributed by atoms with E-state index in [2.05, 4.69) is 10.3 Å². The van der Waals surface area contributed by atoms with Crippen molar-refractivity contribution in [3.8, 4) is 0 Å². The van der Waals surface area contributed by atoms with Gasteiger partial charge in [0.15, 0.2) is 0 Å².